The van der Waals surface area contributed by atoms with Crippen molar-refractivity contribution in [1.29, 1.82) is 0 Å². The zero-order valence-corrected chi connectivity index (χ0v) is 13.4. The second kappa shape index (κ2) is 5.75. The SMILES string of the molecule is Cc1ccc([S@](=O)Cc2cn3cc(Cl)cc(Cl)c3n2)nc1. The number of nitrogens with zero attached hydrogens (tertiary/aromatic N) is 3. The summed E-state index contributed by atoms with van der Waals surface area (Å²) in [6, 6.07) is 5.29. The molecule has 0 N–H and O–H groups in total. The quantitative estimate of drug-likeness (QED) is 0.731. The minimum atomic E-state index is -1.24. The van der Waals surface area contributed by atoms with Crippen LogP contribution < -0.4 is 0 Å². The predicted octanol–water partition coefficient (Wildman–Crippen LogP) is 3.65. The lowest BCUT2D eigenvalue weighted by molar-refractivity contribution is 0.679. The highest BCUT2D eigenvalue weighted by molar-refractivity contribution is 7.84. The molecule has 0 saturated heterocycles. The van der Waals surface area contributed by atoms with Gasteiger partial charge in [-0.1, -0.05) is 29.3 Å². The molecule has 3 aromatic rings. The Morgan fingerprint density at radius 1 is 1.29 bits per heavy atom. The van der Waals surface area contributed by atoms with Crippen molar-refractivity contribution in [1.82, 2.24) is 14.4 Å². The molecule has 4 nitrogen and oxygen atoms in total. The first-order chi connectivity index (χ1) is 10.0. The number of imidazole rings is 1. The number of hydrogen-bond acceptors (Lipinski definition) is 3. The summed E-state index contributed by atoms with van der Waals surface area (Å²) in [4.78, 5) is 8.57. The first kappa shape index (κ1) is 14.5. The molecule has 1 atom stereocenters. The third-order valence-corrected chi connectivity index (χ3v) is 4.67. The van der Waals surface area contributed by atoms with E-state index < -0.39 is 10.8 Å². The maximum Gasteiger partial charge on any atom is 0.155 e. The Morgan fingerprint density at radius 3 is 2.81 bits per heavy atom. The summed E-state index contributed by atoms with van der Waals surface area (Å²) in [5.74, 6) is 0.283. The van der Waals surface area contributed by atoms with E-state index in [1.807, 2.05) is 13.0 Å². The van der Waals surface area contributed by atoms with Crippen LogP contribution in [0.5, 0.6) is 0 Å². The summed E-state index contributed by atoms with van der Waals surface area (Å²) < 4.78 is 14.0. The summed E-state index contributed by atoms with van der Waals surface area (Å²) in [5, 5.41) is 1.53. The largest absolute Gasteiger partial charge is 0.304 e. The number of pyridine rings is 2. The van der Waals surface area contributed by atoms with Crippen LogP contribution in [0.2, 0.25) is 10.0 Å². The fourth-order valence-electron chi connectivity index (χ4n) is 1.94. The van der Waals surface area contributed by atoms with E-state index >= 15 is 0 Å². The van der Waals surface area contributed by atoms with Crippen LogP contribution in [0.3, 0.4) is 0 Å². The van der Waals surface area contributed by atoms with Crippen molar-refractivity contribution >= 4 is 39.6 Å². The van der Waals surface area contributed by atoms with Gasteiger partial charge in [-0.05, 0) is 24.6 Å². The van der Waals surface area contributed by atoms with Gasteiger partial charge >= 0.3 is 0 Å². The van der Waals surface area contributed by atoms with E-state index in [1.165, 1.54) is 0 Å². The lowest BCUT2D eigenvalue weighted by atomic mass is 10.3. The lowest BCUT2D eigenvalue weighted by Crippen LogP contribution is -1.99. The summed E-state index contributed by atoms with van der Waals surface area (Å²) in [6.07, 6.45) is 5.19. The Balaban J connectivity index is 1.89. The fourth-order valence-corrected chi connectivity index (χ4v) is 3.42. The molecule has 21 heavy (non-hydrogen) atoms. The Hall–Kier alpha value is -1.43. The molecule has 0 aliphatic heterocycles. The van der Waals surface area contributed by atoms with Gasteiger partial charge < -0.3 is 4.40 Å². The molecule has 0 fully saturated rings. The summed E-state index contributed by atoms with van der Waals surface area (Å²) >= 11 is 12.0. The third-order valence-electron chi connectivity index (χ3n) is 2.92. The average molecular weight is 340 g/mol. The van der Waals surface area contributed by atoms with E-state index in [0.29, 0.717) is 26.4 Å². The molecule has 0 amide bonds. The van der Waals surface area contributed by atoms with E-state index in [2.05, 4.69) is 9.97 Å². The van der Waals surface area contributed by atoms with Gasteiger partial charge in [-0.15, -0.1) is 0 Å². The van der Waals surface area contributed by atoms with Gasteiger partial charge in [0.1, 0.15) is 5.03 Å². The highest BCUT2D eigenvalue weighted by Crippen LogP contribution is 2.22. The van der Waals surface area contributed by atoms with Crippen LogP contribution in [-0.2, 0) is 16.6 Å². The number of fused-ring (bicyclic) bond motifs is 1. The first-order valence-corrected chi connectivity index (χ1v) is 8.24. The van der Waals surface area contributed by atoms with Gasteiger partial charge in [0.15, 0.2) is 5.65 Å². The molecule has 108 valence electrons. The smallest absolute Gasteiger partial charge is 0.155 e. The zero-order valence-electron chi connectivity index (χ0n) is 11.1. The van der Waals surface area contributed by atoms with Crippen LogP contribution in [0.4, 0.5) is 0 Å². The molecule has 0 spiro atoms. The topological polar surface area (TPSA) is 47.3 Å². The van der Waals surface area contributed by atoms with Gasteiger partial charge in [-0.3, -0.25) is 4.21 Å². The number of rotatable bonds is 3. The normalized spacial score (nSPS) is 12.7. The van der Waals surface area contributed by atoms with Gasteiger partial charge in [-0.2, -0.15) is 0 Å². The van der Waals surface area contributed by atoms with Crippen molar-refractivity contribution in [3.05, 3.63) is 58.1 Å². The molecule has 7 heteroatoms. The molecule has 3 rings (SSSR count). The van der Waals surface area contributed by atoms with E-state index in [9.17, 15) is 4.21 Å². The highest BCUT2D eigenvalue weighted by atomic mass is 35.5. The predicted molar refractivity (Wildman–Crippen MR) is 84.3 cm³/mol. The second-order valence-electron chi connectivity index (χ2n) is 4.63. The van der Waals surface area contributed by atoms with E-state index in [-0.39, 0.29) is 5.75 Å². The van der Waals surface area contributed by atoms with Crippen LogP contribution in [0.15, 0.2) is 41.8 Å². The van der Waals surface area contributed by atoms with E-state index in [1.54, 1.807) is 35.1 Å². The van der Waals surface area contributed by atoms with Crippen LogP contribution in [0, 0.1) is 6.92 Å². The molecule has 0 saturated carbocycles. The summed E-state index contributed by atoms with van der Waals surface area (Å²) in [7, 11) is -1.24. The number of halogens is 2. The molecule has 0 radical (unpaired) electrons. The maximum absolute atomic E-state index is 12.3. The van der Waals surface area contributed by atoms with Crippen molar-refractivity contribution in [3.8, 4) is 0 Å². The summed E-state index contributed by atoms with van der Waals surface area (Å²) in [6.45, 7) is 1.94. The molecular formula is C14H11Cl2N3OS. The fraction of sp³-hybridized carbons (Fsp3) is 0.143. The molecule has 0 aliphatic carbocycles. The van der Waals surface area contributed by atoms with Crippen molar-refractivity contribution in [2.75, 3.05) is 0 Å². The van der Waals surface area contributed by atoms with E-state index in [0.717, 1.165) is 5.56 Å². The minimum Gasteiger partial charge on any atom is -0.304 e. The van der Waals surface area contributed by atoms with Crippen LogP contribution in [0.25, 0.3) is 5.65 Å². The Morgan fingerprint density at radius 2 is 2.10 bits per heavy atom. The zero-order chi connectivity index (χ0) is 15.0. The Bertz CT molecular complexity index is 830. The van der Waals surface area contributed by atoms with Crippen LogP contribution in [-0.4, -0.2) is 18.6 Å². The van der Waals surface area contributed by atoms with Gasteiger partial charge in [0, 0.05) is 18.6 Å². The van der Waals surface area contributed by atoms with Gasteiger partial charge in [0.25, 0.3) is 0 Å². The number of aromatic nitrogens is 3. The lowest BCUT2D eigenvalue weighted by Gasteiger charge is -1.99. The molecule has 0 aromatic carbocycles. The molecule has 0 aliphatic rings. The van der Waals surface area contributed by atoms with Gasteiger partial charge in [0.2, 0.25) is 0 Å². The van der Waals surface area contributed by atoms with Gasteiger partial charge in [0.05, 0.1) is 32.3 Å². The van der Waals surface area contributed by atoms with Gasteiger partial charge in [-0.25, -0.2) is 9.97 Å². The maximum atomic E-state index is 12.3. The molecule has 3 heterocycles. The third kappa shape index (κ3) is 3.10. The van der Waals surface area contributed by atoms with Crippen molar-refractivity contribution in [2.45, 2.75) is 17.7 Å². The Labute approximate surface area is 134 Å². The summed E-state index contributed by atoms with van der Waals surface area (Å²) in [5.41, 5.74) is 2.31. The molecule has 0 bridgehead atoms. The van der Waals surface area contributed by atoms with E-state index in [4.69, 9.17) is 23.2 Å². The molecular weight excluding hydrogens is 329 g/mol. The number of hydrogen-bond donors (Lipinski definition) is 0. The van der Waals surface area contributed by atoms with Crippen molar-refractivity contribution in [2.24, 2.45) is 0 Å². The first-order valence-electron chi connectivity index (χ1n) is 6.16. The minimum absolute atomic E-state index is 0.283. The molecule has 0 unspecified atom stereocenters. The highest BCUT2D eigenvalue weighted by Gasteiger charge is 2.11. The standard InChI is InChI=1S/C14H11Cl2N3OS/c1-9-2-3-13(17-5-9)21(20)8-11-7-19-6-10(15)4-12(16)14(19)18-11/h2-7H,8H2,1H3/t21-/m1/s1. The number of aryl methyl sites for hydroxylation is 1. The molecule has 3 aromatic heterocycles. The van der Waals surface area contributed by atoms with Crippen molar-refractivity contribution in [3.63, 3.8) is 0 Å². The van der Waals surface area contributed by atoms with Crippen molar-refractivity contribution < 1.29 is 4.21 Å². The monoisotopic (exact) mass is 339 g/mol. The van der Waals surface area contributed by atoms with Crippen LogP contribution in [0.1, 0.15) is 11.3 Å². The average Bonchev–Trinajstić information content (AvgIpc) is 2.82. The van der Waals surface area contributed by atoms with Crippen LogP contribution >= 0.6 is 23.2 Å². The second-order valence-corrected chi connectivity index (χ2v) is 6.87. The Kier molecular flexibility index (Phi) is 3.97.